The van der Waals surface area contributed by atoms with Crippen LogP contribution in [0.4, 0.5) is 0 Å². The van der Waals surface area contributed by atoms with E-state index in [2.05, 4.69) is 12.2 Å². The minimum absolute atomic E-state index is 0.591. The van der Waals surface area contributed by atoms with E-state index in [0.717, 1.165) is 46.0 Å². The molecule has 114 valence electrons. The van der Waals surface area contributed by atoms with Crippen LogP contribution in [0, 0.1) is 0 Å². The minimum Gasteiger partial charge on any atom is -0.298 e. The molecule has 0 unspecified atom stereocenters. The highest BCUT2D eigenvalue weighted by molar-refractivity contribution is 6.06. The molecule has 0 spiro atoms. The predicted molar refractivity (Wildman–Crippen MR) is 97.0 cm³/mol. The zero-order chi connectivity index (χ0) is 16.5. The second kappa shape index (κ2) is 5.74. The predicted octanol–water partition coefficient (Wildman–Crippen LogP) is 5.13. The van der Waals surface area contributed by atoms with Crippen LogP contribution < -0.4 is 0 Å². The maximum atomic E-state index is 11.7. The Kier molecular flexibility index (Phi) is 3.43. The van der Waals surface area contributed by atoms with Gasteiger partial charge in [0.05, 0.1) is 0 Å². The molecule has 0 aromatic heterocycles. The van der Waals surface area contributed by atoms with Crippen LogP contribution >= 0.6 is 0 Å². The minimum atomic E-state index is 0.591. The lowest BCUT2D eigenvalue weighted by Gasteiger charge is -2.20. The summed E-state index contributed by atoms with van der Waals surface area (Å²) in [6.07, 6.45) is 5.83. The molecule has 3 aromatic rings. The number of carbonyl (C=O) groups excluding carboxylic acids is 2. The number of rotatable bonds is 2. The van der Waals surface area contributed by atoms with E-state index >= 15 is 0 Å². The van der Waals surface area contributed by atoms with Crippen molar-refractivity contribution in [3.63, 3.8) is 0 Å². The lowest BCUT2D eigenvalue weighted by molar-refractivity contribution is 0.111. The molecule has 2 nitrogen and oxygen atoms in total. The fourth-order valence-electron chi connectivity index (χ4n) is 3.33. The third kappa shape index (κ3) is 2.12. The summed E-state index contributed by atoms with van der Waals surface area (Å²) in [6.45, 7) is 0. The van der Waals surface area contributed by atoms with Gasteiger partial charge in [-0.25, -0.2) is 0 Å². The molecule has 24 heavy (non-hydrogen) atoms. The van der Waals surface area contributed by atoms with Crippen molar-refractivity contribution in [3.8, 4) is 22.3 Å². The summed E-state index contributed by atoms with van der Waals surface area (Å²) in [7, 11) is 0. The molecule has 0 saturated heterocycles. The van der Waals surface area contributed by atoms with Crippen LogP contribution in [-0.2, 0) is 0 Å². The molecule has 1 aliphatic carbocycles. The van der Waals surface area contributed by atoms with Crippen LogP contribution in [0.3, 0.4) is 0 Å². The molecule has 0 N–H and O–H groups in total. The third-order valence-corrected chi connectivity index (χ3v) is 4.43. The van der Waals surface area contributed by atoms with Gasteiger partial charge in [0.15, 0.2) is 12.6 Å². The highest BCUT2D eigenvalue weighted by Crippen LogP contribution is 2.42. The standard InChI is InChI=1S/C22H14O2/c23-13-17-11-12-18(14-24)22-20-8-4-2-6-16(20)10-9-15-5-1-3-7-19(15)21(17)22/h1-14H/b10-9-,15-9?,16-10?,21-19?,22-20?. The van der Waals surface area contributed by atoms with Crippen LogP contribution in [0.5, 0.6) is 0 Å². The second-order valence-electron chi connectivity index (χ2n) is 5.74. The van der Waals surface area contributed by atoms with Gasteiger partial charge in [-0.2, -0.15) is 0 Å². The molecule has 4 rings (SSSR count). The summed E-state index contributed by atoms with van der Waals surface area (Å²) in [5.41, 5.74) is 6.80. The fourth-order valence-corrected chi connectivity index (χ4v) is 3.33. The van der Waals surface area contributed by atoms with E-state index in [1.165, 1.54) is 0 Å². The zero-order valence-corrected chi connectivity index (χ0v) is 12.9. The van der Waals surface area contributed by atoms with Gasteiger partial charge in [0.2, 0.25) is 0 Å². The Morgan fingerprint density at radius 2 is 0.958 bits per heavy atom. The highest BCUT2D eigenvalue weighted by atomic mass is 16.1. The van der Waals surface area contributed by atoms with E-state index in [1.54, 1.807) is 12.1 Å². The number of hydrogen-bond donors (Lipinski definition) is 0. The Bertz CT molecular complexity index is 916. The lowest BCUT2D eigenvalue weighted by Crippen LogP contribution is -2.01. The average molecular weight is 310 g/mol. The second-order valence-corrected chi connectivity index (χ2v) is 5.74. The van der Waals surface area contributed by atoms with Gasteiger partial charge >= 0.3 is 0 Å². The number of benzene rings is 3. The fraction of sp³-hybridized carbons (Fsp3) is 0. The summed E-state index contributed by atoms with van der Waals surface area (Å²) >= 11 is 0. The van der Waals surface area contributed by atoms with Crippen molar-refractivity contribution in [1.29, 1.82) is 0 Å². The van der Waals surface area contributed by atoms with Gasteiger partial charge in [0.25, 0.3) is 0 Å². The molecule has 0 amide bonds. The largest absolute Gasteiger partial charge is 0.298 e. The molecule has 3 aromatic carbocycles. The summed E-state index contributed by atoms with van der Waals surface area (Å²) in [5.74, 6) is 0. The Hall–Kier alpha value is -3.26. The van der Waals surface area contributed by atoms with Crippen molar-refractivity contribution in [3.05, 3.63) is 82.9 Å². The first-order chi connectivity index (χ1) is 11.8. The summed E-state index contributed by atoms with van der Waals surface area (Å²) in [4.78, 5) is 23.4. The van der Waals surface area contributed by atoms with Gasteiger partial charge in [-0.1, -0.05) is 72.8 Å². The van der Waals surface area contributed by atoms with Crippen molar-refractivity contribution in [1.82, 2.24) is 0 Å². The Morgan fingerprint density at radius 1 is 0.542 bits per heavy atom. The first kappa shape index (κ1) is 14.3. The highest BCUT2D eigenvalue weighted by Gasteiger charge is 2.20. The van der Waals surface area contributed by atoms with E-state index < -0.39 is 0 Å². The first-order valence-corrected chi connectivity index (χ1v) is 7.77. The molecule has 0 radical (unpaired) electrons. The summed E-state index contributed by atoms with van der Waals surface area (Å²) < 4.78 is 0. The molecule has 0 bridgehead atoms. The average Bonchev–Trinajstić information content (AvgIpc) is 2.64. The summed E-state index contributed by atoms with van der Waals surface area (Å²) in [6, 6.07) is 19.3. The van der Waals surface area contributed by atoms with Crippen LogP contribution in [0.25, 0.3) is 34.4 Å². The number of aldehydes is 2. The van der Waals surface area contributed by atoms with Crippen LogP contribution in [-0.4, -0.2) is 12.6 Å². The molecule has 2 heteroatoms. The molecular formula is C22H14O2. The molecule has 0 atom stereocenters. The number of fused-ring (bicyclic) bond motifs is 5. The van der Waals surface area contributed by atoms with E-state index in [-0.39, 0.29) is 0 Å². The monoisotopic (exact) mass is 310 g/mol. The normalized spacial score (nSPS) is 12.8. The van der Waals surface area contributed by atoms with Gasteiger partial charge in [0.1, 0.15) is 0 Å². The van der Waals surface area contributed by atoms with Gasteiger partial charge in [-0.05, 0) is 22.3 Å². The van der Waals surface area contributed by atoms with Gasteiger partial charge in [-0.15, -0.1) is 0 Å². The third-order valence-electron chi connectivity index (χ3n) is 4.43. The maximum Gasteiger partial charge on any atom is 0.150 e. The quantitative estimate of drug-likeness (QED) is 0.481. The zero-order valence-electron chi connectivity index (χ0n) is 12.9. The van der Waals surface area contributed by atoms with E-state index in [4.69, 9.17) is 0 Å². The Morgan fingerprint density at radius 3 is 1.38 bits per heavy atom. The Balaban J connectivity index is 2.24. The molecule has 0 aliphatic heterocycles. The molecule has 1 aliphatic rings. The van der Waals surface area contributed by atoms with Crippen molar-refractivity contribution < 1.29 is 9.59 Å². The number of hydrogen-bond acceptors (Lipinski definition) is 2. The topological polar surface area (TPSA) is 34.1 Å². The number of carbonyl (C=O) groups is 2. The van der Waals surface area contributed by atoms with E-state index in [9.17, 15) is 9.59 Å². The van der Waals surface area contributed by atoms with Gasteiger partial charge in [-0.3, -0.25) is 9.59 Å². The lowest BCUT2D eigenvalue weighted by atomic mass is 9.82. The van der Waals surface area contributed by atoms with Crippen molar-refractivity contribution in [2.75, 3.05) is 0 Å². The smallest absolute Gasteiger partial charge is 0.150 e. The Labute approximate surface area is 140 Å². The maximum absolute atomic E-state index is 11.7. The molecule has 0 heterocycles. The van der Waals surface area contributed by atoms with Gasteiger partial charge in [0, 0.05) is 22.3 Å². The van der Waals surface area contributed by atoms with Crippen molar-refractivity contribution in [2.45, 2.75) is 0 Å². The van der Waals surface area contributed by atoms with Crippen molar-refractivity contribution >= 4 is 24.7 Å². The van der Waals surface area contributed by atoms with Crippen LogP contribution in [0.1, 0.15) is 31.8 Å². The first-order valence-electron chi connectivity index (χ1n) is 7.77. The van der Waals surface area contributed by atoms with E-state index in [0.29, 0.717) is 11.1 Å². The van der Waals surface area contributed by atoms with Crippen LogP contribution in [0.2, 0.25) is 0 Å². The molecule has 0 saturated carbocycles. The van der Waals surface area contributed by atoms with Crippen LogP contribution in [0.15, 0.2) is 60.7 Å². The van der Waals surface area contributed by atoms with Gasteiger partial charge < -0.3 is 0 Å². The van der Waals surface area contributed by atoms with E-state index in [1.807, 2.05) is 48.5 Å². The SMILES string of the molecule is O=Cc1ccc(C=O)c2c1-c1ccccc1/C=C\c1ccccc1-2. The summed E-state index contributed by atoms with van der Waals surface area (Å²) in [5, 5.41) is 0. The van der Waals surface area contributed by atoms with Crippen molar-refractivity contribution in [2.24, 2.45) is 0 Å². The molecule has 0 fully saturated rings. The molecular weight excluding hydrogens is 296 g/mol.